The van der Waals surface area contributed by atoms with Crippen molar-refractivity contribution in [3.05, 3.63) is 71.9 Å². The quantitative estimate of drug-likeness (QED) is 0.588. The lowest BCUT2D eigenvalue weighted by molar-refractivity contribution is 0.102. The number of amides is 1. The first-order chi connectivity index (χ1) is 12.7. The predicted molar refractivity (Wildman–Crippen MR) is 97.3 cm³/mol. The normalized spacial score (nSPS) is 10.7. The molecule has 4 rings (SSSR count). The van der Waals surface area contributed by atoms with Crippen LogP contribution in [0.2, 0.25) is 0 Å². The minimum Gasteiger partial charge on any atom is -0.439 e. The SMILES string of the molecule is Cc1ccc(Oc2ccc(NC(=O)c3ccc4n[nH]nc4c3)cn2)cc1. The van der Waals surface area contributed by atoms with Gasteiger partial charge in [0.1, 0.15) is 16.8 Å². The molecule has 0 aliphatic carbocycles. The smallest absolute Gasteiger partial charge is 0.255 e. The van der Waals surface area contributed by atoms with E-state index in [1.54, 1.807) is 36.5 Å². The molecule has 2 aromatic heterocycles. The predicted octanol–water partition coefficient (Wildman–Crippen LogP) is 3.71. The number of ether oxygens (including phenoxy) is 1. The summed E-state index contributed by atoms with van der Waals surface area (Å²) in [6, 6.07) is 16.3. The highest BCUT2D eigenvalue weighted by atomic mass is 16.5. The largest absolute Gasteiger partial charge is 0.439 e. The van der Waals surface area contributed by atoms with Gasteiger partial charge in [0.15, 0.2) is 0 Å². The Labute approximate surface area is 149 Å². The maximum absolute atomic E-state index is 12.4. The molecule has 0 aliphatic rings. The zero-order valence-electron chi connectivity index (χ0n) is 13.9. The van der Waals surface area contributed by atoms with Gasteiger partial charge >= 0.3 is 0 Å². The molecule has 0 atom stereocenters. The van der Waals surface area contributed by atoms with Crippen LogP contribution in [0.1, 0.15) is 15.9 Å². The summed E-state index contributed by atoms with van der Waals surface area (Å²) < 4.78 is 5.67. The Balaban J connectivity index is 1.44. The molecule has 0 saturated heterocycles. The third-order valence-electron chi connectivity index (χ3n) is 3.82. The first-order valence-corrected chi connectivity index (χ1v) is 8.00. The number of fused-ring (bicyclic) bond motifs is 1. The molecule has 2 heterocycles. The zero-order valence-corrected chi connectivity index (χ0v) is 13.9. The van der Waals surface area contributed by atoms with E-state index < -0.39 is 0 Å². The van der Waals surface area contributed by atoms with Gasteiger partial charge in [0, 0.05) is 11.6 Å². The molecule has 26 heavy (non-hydrogen) atoms. The average Bonchev–Trinajstić information content (AvgIpc) is 3.13. The molecule has 2 N–H and O–H groups in total. The molecule has 7 nitrogen and oxygen atoms in total. The van der Waals surface area contributed by atoms with Crippen LogP contribution >= 0.6 is 0 Å². The highest BCUT2D eigenvalue weighted by Crippen LogP contribution is 2.21. The summed E-state index contributed by atoms with van der Waals surface area (Å²) in [5.74, 6) is 0.917. The number of carbonyl (C=O) groups is 1. The van der Waals surface area contributed by atoms with E-state index in [1.165, 1.54) is 0 Å². The van der Waals surface area contributed by atoms with Crippen molar-refractivity contribution in [1.29, 1.82) is 0 Å². The fourth-order valence-corrected chi connectivity index (χ4v) is 2.43. The van der Waals surface area contributed by atoms with Crippen molar-refractivity contribution in [2.24, 2.45) is 0 Å². The van der Waals surface area contributed by atoms with Crippen LogP contribution in [0, 0.1) is 6.92 Å². The van der Waals surface area contributed by atoms with Gasteiger partial charge in [0.05, 0.1) is 11.9 Å². The third kappa shape index (κ3) is 3.36. The van der Waals surface area contributed by atoms with Crippen LogP contribution in [-0.2, 0) is 0 Å². The average molecular weight is 345 g/mol. The van der Waals surface area contributed by atoms with Gasteiger partial charge in [-0.1, -0.05) is 17.7 Å². The topological polar surface area (TPSA) is 92.8 Å². The summed E-state index contributed by atoms with van der Waals surface area (Å²) in [6.07, 6.45) is 1.55. The molecule has 128 valence electrons. The van der Waals surface area contributed by atoms with E-state index in [-0.39, 0.29) is 5.91 Å². The van der Waals surface area contributed by atoms with E-state index >= 15 is 0 Å². The van der Waals surface area contributed by atoms with E-state index in [2.05, 4.69) is 25.7 Å². The Morgan fingerprint density at radius 2 is 1.81 bits per heavy atom. The zero-order chi connectivity index (χ0) is 17.9. The number of aromatic nitrogens is 4. The van der Waals surface area contributed by atoms with Crippen molar-refractivity contribution >= 4 is 22.6 Å². The number of rotatable bonds is 4. The van der Waals surface area contributed by atoms with Crippen molar-refractivity contribution in [3.8, 4) is 11.6 Å². The van der Waals surface area contributed by atoms with E-state index in [9.17, 15) is 4.79 Å². The molecule has 1 amide bonds. The van der Waals surface area contributed by atoms with Gasteiger partial charge in [-0.3, -0.25) is 4.79 Å². The molecule has 0 spiro atoms. The van der Waals surface area contributed by atoms with Gasteiger partial charge in [-0.2, -0.15) is 15.4 Å². The van der Waals surface area contributed by atoms with Crippen LogP contribution in [0.25, 0.3) is 11.0 Å². The fourth-order valence-electron chi connectivity index (χ4n) is 2.43. The van der Waals surface area contributed by atoms with Crippen molar-refractivity contribution < 1.29 is 9.53 Å². The first-order valence-electron chi connectivity index (χ1n) is 8.00. The highest BCUT2D eigenvalue weighted by Gasteiger charge is 2.09. The number of aryl methyl sites for hydroxylation is 1. The van der Waals surface area contributed by atoms with Gasteiger partial charge in [-0.05, 0) is 43.3 Å². The Bertz CT molecular complexity index is 1060. The summed E-state index contributed by atoms with van der Waals surface area (Å²) in [6.45, 7) is 2.01. The van der Waals surface area contributed by atoms with Crippen LogP contribution in [-0.4, -0.2) is 26.3 Å². The van der Waals surface area contributed by atoms with E-state index in [4.69, 9.17) is 4.74 Å². The summed E-state index contributed by atoms with van der Waals surface area (Å²) in [5.41, 5.74) is 3.57. The van der Waals surface area contributed by atoms with Gasteiger partial charge in [0.25, 0.3) is 5.91 Å². The van der Waals surface area contributed by atoms with Crippen molar-refractivity contribution in [2.45, 2.75) is 6.92 Å². The number of anilines is 1. The molecule has 0 unspecified atom stereocenters. The summed E-state index contributed by atoms with van der Waals surface area (Å²) >= 11 is 0. The maximum atomic E-state index is 12.4. The summed E-state index contributed by atoms with van der Waals surface area (Å²) in [7, 11) is 0. The summed E-state index contributed by atoms with van der Waals surface area (Å²) in [4.78, 5) is 16.6. The number of hydrogen-bond acceptors (Lipinski definition) is 5. The van der Waals surface area contributed by atoms with Crippen molar-refractivity contribution in [1.82, 2.24) is 20.4 Å². The molecular weight excluding hydrogens is 330 g/mol. The Hall–Kier alpha value is -3.74. The van der Waals surface area contributed by atoms with Crippen LogP contribution in [0.4, 0.5) is 5.69 Å². The Morgan fingerprint density at radius 1 is 1.00 bits per heavy atom. The number of aromatic amines is 1. The number of pyridine rings is 1. The van der Waals surface area contributed by atoms with Gasteiger partial charge < -0.3 is 10.1 Å². The summed E-state index contributed by atoms with van der Waals surface area (Å²) in [5, 5.41) is 13.3. The van der Waals surface area contributed by atoms with Crippen LogP contribution in [0.15, 0.2) is 60.8 Å². The monoisotopic (exact) mass is 345 g/mol. The molecule has 7 heteroatoms. The molecule has 0 fully saturated rings. The number of benzene rings is 2. The maximum Gasteiger partial charge on any atom is 0.255 e. The minimum absolute atomic E-state index is 0.246. The second kappa shape index (κ2) is 6.64. The molecule has 0 aliphatic heterocycles. The highest BCUT2D eigenvalue weighted by molar-refractivity contribution is 6.05. The fraction of sp³-hybridized carbons (Fsp3) is 0.0526. The van der Waals surface area contributed by atoms with Gasteiger partial charge in [-0.15, -0.1) is 0 Å². The lowest BCUT2D eigenvalue weighted by Gasteiger charge is -2.07. The molecule has 0 bridgehead atoms. The molecule has 0 radical (unpaired) electrons. The van der Waals surface area contributed by atoms with Crippen LogP contribution in [0.5, 0.6) is 11.6 Å². The number of nitrogens with one attached hydrogen (secondary N) is 2. The van der Waals surface area contributed by atoms with Crippen LogP contribution in [0.3, 0.4) is 0 Å². The molecule has 4 aromatic rings. The van der Waals surface area contributed by atoms with Gasteiger partial charge in [-0.25, -0.2) is 4.98 Å². The number of hydrogen-bond donors (Lipinski definition) is 2. The lowest BCUT2D eigenvalue weighted by Crippen LogP contribution is -2.11. The minimum atomic E-state index is -0.246. The number of H-pyrrole nitrogens is 1. The van der Waals surface area contributed by atoms with Crippen LogP contribution < -0.4 is 10.1 Å². The second-order valence-corrected chi connectivity index (χ2v) is 5.78. The number of carbonyl (C=O) groups excluding carboxylic acids is 1. The molecule has 2 aromatic carbocycles. The van der Waals surface area contributed by atoms with E-state index in [0.29, 0.717) is 33.9 Å². The van der Waals surface area contributed by atoms with E-state index in [0.717, 1.165) is 5.56 Å². The van der Waals surface area contributed by atoms with Gasteiger partial charge in [0.2, 0.25) is 5.88 Å². The molecule has 0 saturated carbocycles. The second-order valence-electron chi connectivity index (χ2n) is 5.78. The molecular formula is C19H15N5O2. The lowest BCUT2D eigenvalue weighted by atomic mass is 10.2. The first kappa shape index (κ1) is 15.8. The third-order valence-corrected chi connectivity index (χ3v) is 3.82. The Kier molecular flexibility index (Phi) is 4.03. The standard InChI is InChI=1S/C19H15N5O2/c1-12-2-6-15(7-3-12)26-18-9-5-14(11-20-18)21-19(25)13-4-8-16-17(10-13)23-24-22-16/h2-11H,1H3,(H,21,25)(H,22,23,24). The Morgan fingerprint density at radius 3 is 2.58 bits per heavy atom. The number of nitrogens with zero attached hydrogens (tertiary/aromatic N) is 3. The van der Waals surface area contributed by atoms with Crippen molar-refractivity contribution in [2.75, 3.05) is 5.32 Å². The van der Waals surface area contributed by atoms with Crippen molar-refractivity contribution in [3.63, 3.8) is 0 Å². The van der Waals surface area contributed by atoms with E-state index in [1.807, 2.05) is 31.2 Å².